The van der Waals surface area contributed by atoms with E-state index in [4.69, 9.17) is 26.8 Å². The molecule has 9 aromatic rings. The van der Waals surface area contributed by atoms with Crippen LogP contribution in [-0.4, -0.2) is 176 Å². The molecule has 2 saturated heterocycles. The van der Waals surface area contributed by atoms with E-state index in [0.29, 0.717) is 60.0 Å². The van der Waals surface area contributed by atoms with Crippen LogP contribution in [0.5, 0.6) is 5.75 Å². The minimum absolute atomic E-state index is 0.0140. The van der Waals surface area contributed by atoms with Crippen molar-refractivity contribution >= 4 is 120 Å². The maximum atomic E-state index is 15.1. The van der Waals surface area contributed by atoms with Crippen molar-refractivity contribution in [1.82, 2.24) is 80.9 Å². The number of rotatable bonds is 37. The van der Waals surface area contributed by atoms with E-state index < -0.39 is 91.9 Å². The van der Waals surface area contributed by atoms with Crippen LogP contribution in [0.4, 0.5) is 34.8 Å². The number of H-pyrrole nitrogens is 1. The lowest BCUT2D eigenvalue weighted by Gasteiger charge is -2.35. The molecule has 11 rings (SSSR count). The number of halogens is 1. The lowest BCUT2D eigenvalue weighted by Crippen LogP contribution is -2.57. The Bertz CT molecular complexity index is 5300. The molecule has 11 N–H and O–H groups in total. The number of sulfone groups is 1. The second kappa shape index (κ2) is 39.8. The summed E-state index contributed by atoms with van der Waals surface area (Å²) in [5.41, 5.74) is 13.8. The second-order valence-corrected chi connectivity index (χ2v) is 35.3. The Morgan fingerprint density at radius 3 is 2.23 bits per heavy atom. The number of carboxylic acid groups (broad SMARTS) is 1. The Morgan fingerprint density at radius 2 is 1.52 bits per heavy atom. The van der Waals surface area contributed by atoms with Gasteiger partial charge >= 0.3 is 11.9 Å². The number of fused-ring (bicyclic) bond motifs is 1. The molecule has 2 aliphatic rings. The van der Waals surface area contributed by atoms with Gasteiger partial charge in [0.1, 0.15) is 40.7 Å². The lowest BCUT2D eigenvalue weighted by atomic mass is 9.85. The highest BCUT2D eigenvalue weighted by Crippen LogP contribution is 2.40. The first-order chi connectivity index (χ1) is 56.7. The van der Waals surface area contributed by atoms with Gasteiger partial charge in [-0.15, -0.1) is 16.4 Å². The Kier molecular flexibility index (Phi) is 29.5. The Morgan fingerprint density at radius 1 is 0.790 bits per heavy atom. The fourth-order valence-electron chi connectivity index (χ4n) is 14.2. The van der Waals surface area contributed by atoms with E-state index in [1.807, 2.05) is 78.8 Å². The van der Waals surface area contributed by atoms with E-state index in [2.05, 4.69) is 100 Å². The van der Waals surface area contributed by atoms with Crippen LogP contribution in [0.2, 0.25) is 5.02 Å². The molecule has 0 spiro atoms. The van der Waals surface area contributed by atoms with Crippen molar-refractivity contribution in [2.45, 2.75) is 212 Å². The monoisotopic (exact) mass is 1690 g/mol. The van der Waals surface area contributed by atoms with Gasteiger partial charge in [0.25, 0.3) is 11.5 Å². The number of amides is 5. The number of aromatic nitrogens is 10. The molecule has 632 valence electrons. The van der Waals surface area contributed by atoms with Crippen LogP contribution in [0.15, 0.2) is 119 Å². The van der Waals surface area contributed by atoms with Gasteiger partial charge in [-0.2, -0.15) is 9.97 Å². The summed E-state index contributed by atoms with van der Waals surface area (Å²) >= 11 is 8.13. The number of thiazole rings is 1. The number of benzene rings is 4. The summed E-state index contributed by atoms with van der Waals surface area (Å²) in [5, 5.41) is 38.7. The van der Waals surface area contributed by atoms with Gasteiger partial charge < -0.3 is 67.3 Å². The molecular weight excluding hydrogens is 1580 g/mol. The number of nitrogens with zero attached hydrogens (tertiary/aromatic N) is 11. The molecule has 5 atom stereocenters. The predicted molar refractivity (Wildman–Crippen MR) is 452 cm³/mol. The van der Waals surface area contributed by atoms with Gasteiger partial charge in [0.2, 0.25) is 35.5 Å². The average Bonchev–Trinajstić information content (AvgIpc) is 1.70. The van der Waals surface area contributed by atoms with Gasteiger partial charge in [0, 0.05) is 43.5 Å². The van der Waals surface area contributed by atoms with Gasteiger partial charge in [0.05, 0.1) is 93.7 Å². The molecule has 33 nitrogen and oxygen atoms in total. The fourth-order valence-corrected chi connectivity index (χ4v) is 16.3. The number of aliphatic carboxylic acids is 1. The van der Waals surface area contributed by atoms with Crippen LogP contribution in [0, 0.1) is 19.3 Å². The van der Waals surface area contributed by atoms with Crippen molar-refractivity contribution in [2.75, 3.05) is 47.9 Å². The Labute approximate surface area is 698 Å². The zero-order valence-corrected chi connectivity index (χ0v) is 70.7. The Hall–Kier alpha value is -11.6. The molecule has 0 bridgehead atoms. The van der Waals surface area contributed by atoms with Crippen molar-refractivity contribution in [3.63, 3.8) is 0 Å². The number of piperidine rings is 1. The minimum Gasteiger partial charge on any atom is -0.489 e. The number of nitrogen functional groups attached to an aromatic ring is 1. The highest BCUT2D eigenvalue weighted by molar-refractivity contribution is 7.92. The first-order valence-electron chi connectivity index (χ1n) is 39.8. The SMILES string of the molecule is Cc1cc(Nc2ncc(Cl)c(Nc3ccccc3S(=O)(=O)C(C)C)n2)c(OC(C)C)cc1C1CCN(CCCCC(=O)N[C@H](C(=O)N2C[C@H](OC(=O)CCCCn3cc(CNC(=O)CC[C@H](NC(=O)c4ccc(NCc5cnc6nc(N)[nH]c(=O)c6n5)cc4)C(=O)O)nn3)C[C@H]2C(=O)N[C@@H](C)c2ccc(-c3scnc3C)cc2)C(C)(C)C)CC1. The summed E-state index contributed by atoms with van der Waals surface area (Å²) in [5.74, 6) is -2.95. The molecule has 0 aliphatic carbocycles. The molecule has 4 aromatic carbocycles. The molecule has 119 heavy (non-hydrogen) atoms. The third-order valence-corrected chi connectivity index (χ3v) is 24.2. The number of aryl methyl sites for hydroxylation is 3. The van der Waals surface area contributed by atoms with Crippen molar-refractivity contribution < 1.29 is 56.6 Å². The summed E-state index contributed by atoms with van der Waals surface area (Å²) in [6, 6.07) is 20.9. The van der Waals surface area contributed by atoms with E-state index in [1.54, 1.807) is 78.0 Å². The first kappa shape index (κ1) is 88.3. The molecule has 5 aromatic heterocycles. The van der Waals surface area contributed by atoms with Crippen LogP contribution >= 0.6 is 22.9 Å². The number of unbranched alkanes of at least 4 members (excludes halogenated alkanes) is 2. The molecule has 0 unspecified atom stereocenters. The minimum atomic E-state index is -3.64. The van der Waals surface area contributed by atoms with Crippen LogP contribution in [-0.2, 0) is 63.0 Å². The number of nitrogens with one attached hydrogen (secondary N) is 8. The van der Waals surface area contributed by atoms with Crippen LogP contribution in [0.25, 0.3) is 21.6 Å². The molecule has 0 saturated carbocycles. The maximum Gasteiger partial charge on any atom is 0.326 e. The quantitative estimate of drug-likeness (QED) is 0.0128. The van der Waals surface area contributed by atoms with E-state index in [9.17, 15) is 47.1 Å². The number of aromatic amines is 1. The number of carboxylic acids is 1. The van der Waals surface area contributed by atoms with Gasteiger partial charge in [-0.05, 0) is 195 Å². The van der Waals surface area contributed by atoms with Gasteiger partial charge in [-0.25, -0.2) is 33.1 Å². The standard InChI is InChI=1S/C83H103ClN20O13S2/c1-47(2)116-66-39-60(49(5)37-64(66)95-82-89-43-61(84)74(98-82)93-62-17-11-12-18-67(62)119(114,115)48(3)4)53-31-35-102(36-32-53)33-15-13-19-69(106)96-73(83(8,9)10)79(111)104-45-59(38-65(104)77(109)91-50(6)52-21-23-54(24-22-52)72-51(7)90-46-118-72)117-70(107)20-14-16-34-103-44-58(100-101-103)42-87-68(105)30-29-63(80(112)113)94-76(108)55-25-27-56(28-26-55)86-40-57-41-88-75-71(92-57)78(110)99-81(85)97-75/h11-12,17-18,21-28,37,39,41,43-44,46-48,50,53,59,63,65,73,86H,13-16,19-20,29-36,38,40,42,45H2,1-10H3,(H,87,105)(H,91,109)(H,94,108)(H,96,106)(H,112,113)(H2,89,93,95,98)(H3,85,88,97,99,110)/t50-,59+,63-,65-,73+/m0/s1. The maximum absolute atomic E-state index is 15.1. The second-order valence-electron chi connectivity index (χ2n) is 31.5. The lowest BCUT2D eigenvalue weighted by molar-refractivity contribution is -0.150. The summed E-state index contributed by atoms with van der Waals surface area (Å²) < 4.78 is 40.5. The highest BCUT2D eigenvalue weighted by Gasteiger charge is 2.46. The summed E-state index contributed by atoms with van der Waals surface area (Å²) in [4.78, 5) is 141. The van der Waals surface area contributed by atoms with Crippen LogP contribution < -0.4 is 53.2 Å². The smallest absolute Gasteiger partial charge is 0.326 e. The summed E-state index contributed by atoms with van der Waals surface area (Å²) in [6.45, 7) is 21.5. The van der Waals surface area contributed by atoms with Crippen LogP contribution in [0.3, 0.4) is 0 Å². The number of hydrogen-bond acceptors (Lipinski definition) is 26. The third-order valence-electron chi connectivity index (χ3n) is 20.7. The van der Waals surface area contributed by atoms with E-state index in [-0.39, 0.29) is 114 Å². The van der Waals surface area contributed by atoms with Crippen molar-refractivity contribution in [3.8, 4) is 16.2 Å². The number of carbonyl (C=O) groups is 7. The zero-order valence-electron chi connectivity index (χ0n) is 68.3. The molecule has 2 fully saturated rings. The fraction of sp³-hybridized carbons (Fsp3) is 0.446. The zero-order chi connectivity index (χ0) is 85.4. The molecule has 7 heterocycles. The normalized spacial score (nSPS) is 15.4. The van der Waals surface area contributed by atoms with E-state index >= 15 is 4.79 Å². The number of ether oxygens (including phenoxy) is 2. The van der Waals surface area contributed by atoms with E-state index in [0.717, 1.165) is 66.2 Å². The van der Waals surface area contributed by atoms with Crippen LogP contribution in [0.1, 0.15) is 182 Å². The molecule has 36 heteroatoms. The topological polar surface area (TPSA) is 450 Å². The summed E-state index contributed by atoms with van der Waals surface area (Å²) in [6.07, 6.45) is 7.30. The molecule has 0 radical (unpaired) electrons. The van der Waals surface area contributed by atoms with Gasteiger partial charge in [-0.3, -0.25) is 43.2 Å². The molecule has 2 aliphatic heterocycles. The van der Waals surface area contributed by atoms with Crippen molar-refractivity contribution in [1.29, 1.82) is 0 Å². The van der Waals surface area contributed by atoms with Gasteiger partial charge in [-0.1, -0.05) is 74.0 Å². The number of likely N-dealkylation sites (tertiary alicyclic amines) is 2. The van der Waals surface area contributed by atoms with Crippen molar-refractivity contribution in [3.05, 3.63) is 164 Å². The number of esters is 1. The first-order valence-corrected chi connectivity index (χ1v) is 42.6. The summed E-state index contributed by atoms with van der Waals surface area (Å²) in [7, 11) is -3.64. The van der Waals surface area contributed by atoms with Crippen molar-refractivity contribution in [2.24, 2.45) is 5.41 Å². The number of hydrogen-bond donors (Lipinski definition) is 10. The van der Waals surface area contributed by atoms with Gasteiger partial charge in [0.15, 0.2) is 26.8 Å². The number of nitrogens with two attached hydrogens (primary N) is 1. The number of para-hydroxylation sites is 1. The number of anilines is 6. The average molecular weight is 1690 g/mol. The molecular formula is C83H103ClN20O13S2. The number of carbonyl (C=O) groups excluding carboxylic acids is 6. The largest absolute Gasteiger partial charge is 0.489 e. The highest BCUT2D eigenvalue weighted by atomic mass is 35.5. The third kappa shape index (κ3) is 23.7. The Balaban J connectivity index is 0.632. The molecule has 5 amide bonds. The van der Waals surface area contributed by atoms with E-state index in [1.165, 1.54) is 35.0 Å². The predicted octanol–water partition coefficient (Wildman–Crippen LogP) is 10.6.